The highest BCUT2D eigenvalue weighted by Crippen LogP contribution is 2.29. The Morgan fingerprint density at radius 3 is 2.65 bits per heavy atom. The van der Waals surface area contributed by atoms with Gasteiger partial charge in [-0.05, 0) is 17.7 Å². The molecule has 1 unspecified atom stereocenters. The van der Waals surface area contributed by atoms with Gasteiger partial charge in [0.2, 0.25) is 0 Å². The smallest absolute Gasteiger partial charge is 0.448 e. The van der Waals surface area contributed by atoms with Crippen molar-refractivity contribution >= 4 is 12.4 Å². The van der Waals surface area contributed by atoms with Crippen LogP contribution in [-0.4, -0.2) is 22.6 Å². The van der Waals surface area contributed by atoms with Gasteiger partial charge in [0.25, 0.3) is 0 Å². The Morgan fingerprint density at radius 2 is 2.06 bits per heavy atom. The number of halogens is 2. The van der Waals surface area contributed by atoms with Crippen molar-refractivity contribution in [3.05, 3.63) is 35.4 Å². The van der Waals surface area contributed by atoms with Crippen molar-refractivity contribution in [3.63, 3.8) is 0 Å². The molecule has 0 amide bonds. The SMILES string of the molecule is O=C(O)ON1N=CCC1c1cc(F)cc(F)c1. The molecule has 90 valence electrons. The largest absolute Gasteiger partial charge is 0.532 e. The number of benzene rings is 1. The van der Waals surface area contributed by atoms with Crippen LogP contribution in [0.5, 0.6) is 0 Å². The number of hydrazone groups is 1. The zero-order valence-electron chi connectivity index (χ0n) is 8.51. The summed E-state index contributed by atoms with van der Waals surface area (Å²) < 4.78 is 26.0. The summed E-state index contributed by atoms with van der Waals surface area (Å²) in [6.07, 6.45) is 0.193. The van der Waals surface area contributed by atoms with E-state index < -0.39 is 23.8 Å². The fourth-order valence-corrected chi connectivity index (χ4v) is 1.60. The number of hydrogen-bond donors (Lipinski definition) is 1. The van der Waals surface area contributed by atoms with E-state index in [1.807, 2.05) is 0 Å². The number of rotatable bonds is 2. The molecule has 1 aliphatic heterocycles. The van der Waals surface area contributed by atoms with Gasteiger partial charge in [-0.3, -0.25) is 4.84 Å². The van der Waals surface area contributed by atoms with Crippen LogP contribution < -0.4 is 0 Å². The highest BCUT2D eigenvalue weighted by atomic mass is 19.1. The number of hydrogen-bond acceptors (Lipinski definition) is 4. The van der Waals surface area contributed by atoms with Gasteiger partial charge < -0.3 is 5.11 Å². The normalized spacial score (nSPS) is 18.5. The van der Waals surface area contributed by atoms with E-state index >= 15 is 0 Å². The van der Waals surface area contributed by atoms with Gasteiger partial charge in [-0.15, -0.1) is 5.17 Å². The van der Waals surface area contributed by atoms with Crippen molar-refractivity contribution in [2.75, 3.05) is 0 Å². The summed E-state index contributed by atoms with van der Waals surface area (Å²) in [7, 11) is 0. The van der Waals surface area contributed by atoms with Gasteiger partial charge in [0.05, 0.1) is 0 Å². The Kier molecular flexibility index (Phi) is 2.90. The van der Waals surface area contributed by atoms with E-state index in [4.69, 9.17) is 5.11 Å². The van der Waals surface area contributed by atoms with Crippen molar-refractivity contribution in [1.82, 2.24) is 5.17 Å². The summed E-state index contributed by atoms with van der Waals surface area (Å²) in [6, 6.07) is 2.32. The Labute approximate surface area is 94.9 Å². The second-order valence-electron chi connectivity index (χ2n) is 3.41. The molecule has 1 N–H and O–H groups in total. The van der Waals surface area contributed by atoms with Crippen molar-refractivity contribution in [2.24, 2.45) is 5.10 Å². The third-order valence-electron chi connectivity index (χ3n) is 2.23. The average molecular weight is 242 g/mol. The van der Waals surface area contributed by atoms with Gasteiger partial charge in [-0.25, -0.2) is 13.6 Å². The number of carboxylic acid groups (broad SMARTS) is 1. The van der Waals surface area contributed by atoms with E-state index in [-0.39, 0.29) is 5.56 Å². The summed E-state index contributed by atoms with van der Waals surface area (Å²) >= 11 is 0. The summed E-state index contributed by atoms with van der Waals surface area (Å²) in [5, 5.41) is 12.9. The van der Waals surface area contributed by atoms with E-state index in [9.17, 15) is 13.6 Å². The Balaban J connectivity index is 2.24. The Bertz CT molecular complexity index is 458. The van der Waals surface area contributed by atoms with Crippen molar-refractivity contribution in [1.29, 1.82) is 0 Å². The van der Waals surface area contributed by atoms with Crippen LogP contribution in [0.25, 0.3) is 0 Å². The molecule has 0 saturated carbocycles. The quantitative estimate of drug-likeness (QED) is 0.864. The van der Waals surface area contributed by atoms with Gasteiger partial charge in [0.15, 0.2) is 0 Å². The predicted octanol–water partition coefficient (Wildman–Crippen LogP) is 2.31. The second-order valence-corrected chi connectivity index (χ2v) is 3.41. The molecular weight excluding hydrogens is 234 g/mol. The molecule has 0 spiro atoms. The first kappa shape index (κ1) is 11.3. The van der Waals surface area contributed by atoms with Gasteiger partial charge in [0.1, 0.15) is 17.7 Å². The first-order chi connectivity index (χ1) is 8.06. The molecule has 0 radical (unpaired) electrons. The fraction of sp³-hybridized carbons (Fsp3) is 0.200. The lowest BCUT2D eigenvalue weighted by Crippen LogP contribution is -2.23. The van der Waals surface area contributed by atoms with Crippen LogP contribution in [0.3, 0.4) is 0 Å². The van der Waals surface area contributed by atoms with Crippen LogP contribution in [0, 0.1) is 11.6 Å². The molecule has 1 heterocycles. The van der Waals surface area contributed by atoms with Crippen LogP contribution >= 0.6 is 0 Å². The minimum Gasteiger partial charge on any atom is -0.448 e. The maximum absolute atomic E-state index is 13.0. The molecule has 5 nitrogen and oxygen atoms in total. The van der Waals surface area contributed by atoms with Crippen molar-refractivity contribution < 1.29 is 23.5 Å². The summed E-state index contributed by atoms with van der Waals surface area (Å²) in [5.41, 5.74) is 0.265. The summed E-state index contributed by atoms with van der Waals surface area (Å²) in [5.74, 6) is -1.47. The maximum Gasteiger partial charge on any atom is 0.532 e. The molecule has 1 atom stereocenters. The van der Waals surface area contributed by atoms with Crippen molar-refractivity contribution in [2.45, 2.75) is 12.5 Å². The fourth-order valence-electron chi connectivity index (χ4n) is 1.60. The van der Waals surface area contributed by atoms with E-state index in [0.29, 0.717) is 6.42 Å². The molecule has 1 aromatic carbocycles. The van der Waals surface area contributed by atoms with E-state index in [1.54, 1.807) is 0 Å². The minimum atomic E-state index is -1.54. The molecular formula is C10H8F2N2O3. The van der Waals surface area contributed by atoms with E-state index in [1.165, 1.54) is 6.21 Å². The molecule has 1 aromatic rings. The Hall–Kier alpha value is -2.18. The van der Waals surface area contributed by atoms with Crippen LogP contribution in [0.15, 0.2) is 23.3 Å². The monoisotopic (exact) mass is 242 g/mol. The minimum absolute atomic E-state index is 0.265. The number of carbonyl (C=O) groups is 1. The molecule has 0 aromatic heterocycles. The molecule has 1 aliphatic rings. The van der Waals surface area contributed by atoms with Crippen LogP contribution in [0.2, 0.25) is 0 Å². The van der Waals surface area contributed by atoms with Gasteiger partial charge in [0, 0.05) is 18.7 Å². The van der Waals surface area contributed by atoms with E-state index in [2.05, 4.69) is 9.94 Å². The highest BCUT2D eigenvalue weighted by Gasteiger charge is 2.27. The Morgan fingerprint density at radius 1 is 1.41 bits per heavy atom. The van der Waals surface area contributed by atoms with Gasteiger partial charge in [-0.2, -0.15) is 5.10 Å². The van der Waals surface area contributed by atoms with Gasteiger partial charge >= 0.3 is 6.16 Å². The van der Waals surface area contributed by atoms with Crippen molar-refractivity contribution in [3.8, 4) is 0 Å². The van der Waals surface area contributed by atoms with Gasteiger partial charge in [-0.1, -0.05) is 0 Å². The topological polar surface area (TPSA) is 62.1 Å². The molecule has 7 heteroatoms. The molecule has 2 rings (SSSR count). The van der Waals surface area contributed by atoms with Crippen LogP contribution in [-0.2, 0) is 4.84 Å². The number of hydroxylamine groups is 1. The average Bonchev–Trinajstić information content (AvgIpc) is 2.63. The number of nitrogens with zero attached hydrogens (tertiary/aromatic N) is 2. The zero-order chi connectivity index (χ0) is 12.4. The molecule has 0 aliphatic carbocycles. The first-order valence-electron chi connectivity index (χ1n) is 4.75. The second kappa shape index (κ2) is 4.36. The third kappa shape index (κ3) is 2.49. The summed E-state index contributed by atoms with van der Waals surface area (Å²) in [4.78, 5) is 14.7. The highest BCUT2D eigenvalue weighted by molar-refractivity contribution is 5.61. The molecule has 0 fully saturated rings. The molecule has 17 heavy (non-hydrogen) atoms. The first-order valence-corrected chi connectivity index (χ1v) is 4.75. The maximum atomic E-state index is 13.0. The lowest BCUT2D eigenvalue weighted by Gasteiger charge is -2.20. The van der Waals surface area contributed by atoms with E-state index in [0.717, 1.165) is 23.4 Å². The molecule has 0 bridgehead atoms. The lowest BCUT2D eigenvalue weighted by atomic mass is 10.1. The standard InChI is InChI=1S/C10H8F2N2O3/c11-7-3-6(4-8(12)5-7)9-1-2-13-14(9)17-10(15)16/h2-5,9H,1H2,(H,15,16). The third-order valence-corrected chi connectivity index (χ3v) is 2.23. The zero-order valence-corrected chi connectivity index (χ0v) is 8.51. The van der Waals surface area contributed by atoms with Crippen LogP contribution in [0.1, 0.15) is 18.0 Å². The van der Waals surface area contributed by atoms with Crippen LogP contribution in [0.4, 0.5) is 13.6 Å². The summed E-state index contributed by atoms with van der Waals surface area (Å²) in [6.45, 7) is 0. The molecule has 0 saturated heterocycles. The lowest BCUT2D eigenvalue weighted by molar-refractivity contribution is -0.140. The predicted molar refractivity (Wildman–Crippen MR) is 53.2 cm³/mol.